The molecule has 0 bridgehead atoms. The number of carbonyl (C=O) groups is 2. The number of ketones is 1. The molecule has 1 atom stereocenters. The lowest BCUT2D eigenvalue weighted by Crippen LogP contribution is -2.17. The minimum Gasteiger partial charge on any atom is -0.481 e. The summed E-state index contributed by atoms with van der Waals surface area (Å²) in [7, 11) is 0. The van der Waals surface area contributed by atoms with Gasteiger partial charge in [0.15, 0.2) is 5.78 Å². The largest absolute Gasteiger partial charge is 0.481 e. The molecule has 1 rings (SSSR count). The van der Waals surface area contributed by atoms with Gasteiger partial charge in [0.1, 0.15) is 5.38 Å². The van der Waals surface area contributed by atoms with Crippen molar-refractivity contribution in [3.05, 3.63) is 21.3 Å². The van der Waals surface area contributed by atoms with Crippen LogP contribution in [0.4, 0.5) is 0 Å². The van der Waals surface area contributed by atoms with E-state index in [1.165, 1.54) is 6.07 Å². The minimum absolute atomic E-state index is 0.379. The highest BCUT2D eigenvalue weighted by atomic mass is 35.5. The highest BCUT2D eigenvalue weighted by Crippen LogP contribution is 2.24. The fourth-order valence-electron chi connectivity index (χ4n) is 0.847. The van der Waals surface area contributed by atoms with Crippen LogP contribution in [0.15, 0.2) is 12.1 Å². The normalized spacial score (nSPS) is 12.4. The molecule has 1 heterocycles. The Labute approximate surface area is 94.3 Å². The van der Waals surface area contributed by atoms with Gasteiger partial charge in [-0.05, 0) is 12.1 Å². The Morgan fingerprint density at radius 1 is 1.50 bits per heavy atom. The predicted molar refractivity (Wildman–Crippen MR) is 55.6 cm³/mol. The van der Waals surface area contributed by atoms with E-state index in [-0.39, 0.29) is 6.42 Å². The third kappa shape index (κ3) is 2.97. The molecule has 0 radical (unpaired) electrons. The number of carboxylic acids is 1. The molecule has 0 saturated carbocycles. The van der Waals surface area contributed by atoms with Gasteiger partial charge in [-0.15, -0.1) is 22.9 Å². The van der Waals surface area contributed by atoms with Gasteiger partial charge in [0.25, 0.3) is 0 Å². The van der Waals surface area contributed by atoms with E-state index in [1.807, 2.05) is 0 Å². The molecular formula is C8H6Cl2O3S. The topological polar surface area (TPSA) is 54.4 Å². The summed E-state index contributed by atoms with van der Waals surface area (Å²) >= 11 is 12.3. The first kappa shape index (κ1) is 11.5. The maximum Gasteiger partial charge on any atom is 0.305 e. The van der Waals surface area contributed by atoms with Gasteiger partial charge in [0.05, 0.1) is 15.6 Å². The van der Waals surface area contributed by atoms with Crippen molar-refractivity contribution in [2.24, 2.45) is 0 Å². The first-order valence-electron chi connectivity index (χ1n) is 3.66. The van der Waals surface area contributed by atoms with Crippen LogP contribution in [0, 0.1) is 0 Å². The number of rotatable bonds is 4. The zero-order valence-electron chi connectivity index (χ0n) is 6.87. The lowest BCUT2D eigenvalue weighted by atomic mass is 10.2. The Balaban J connectivity index is 2.70. The summed E-state index contributed by atoms with van der Waals surface area (Å²) in [5.41, 5.74) is 0. The Morgan fingerprint density at radius 3 is 2.57 bits per heavy atom. The summed E-state index contributed by atoms with van der Waals surface area (Å²) < 4.78 is 0.479. The lowest BCUT2D eigenvalue weighted by Gasteiger charge is -2.02. The van der Waals surface area contributed by atoms with E-state index in [2.05, 4.69) is 0 Å². The van der Waals surface area contributed by atoms with Crippen LogP contribution in [0.1, 0.15) is 16.1 Å². The molecule has 76 valence electrons. The van der Waals surface area contributed by atoms with Gasteiger partial charge in [-0.3, -0.25) is 9.59 Å². The van der Waals surface area contributed by atoms with E-state index < -0.39 is 17.1 Å². The number of halogens is 2. The number of carbonyl (C=O) groups excluding carboxylic acids is 1. The van der Waals surface area contributed by atoms with Crippen LogP contribution in [0.5, 0.6) is 0 Å². The van der Waals surface area contributed by atoms with Crippen LogP contribution in [0.2, 0.25) is 4.34 Å². The fourth-order valence-corrected chi connectivity index (χ4v) is 2.20. The molecule has 0 aliphatic rings. The van der Waals surface area contributed by atoms with Crippen LogP contribution in [0.3, 0.4) is 0 Å². The minimum atomic E-state index is -1.10. The molecule has 1 unspecified atom stereocenters. The van der Waals surface area contributed by atoms with E-state index in [1.54, 1.807) is 6.07 Å². The third-order valence-corrected chi connectivity index (χ3v) is 3.05. The lowest BCUT2D eigenvalue weighted by molar-refractivity contribution is -0.136. The number of hydrogen-bond donors (Lipinski definition) is 1. The van der Waals surface area contributed by atoms with Crippen molar-refractivity contribution in [2.45, 2.75) is 11.8 Å². The number of carboxylic acid groups (broad SMARTS) is 1. The van der Waals surface area contributed by atoms with Crippen molar-refractivity contribution in [1.29, 1.82) is 0 Å². The molecule has 0 spiro atoms. The Kier molecular flexibility index (Phi) is 3.92. The second kappa shape index (κ2) is 4.77. The summed E-state index contributed by atoms with van der Waals surface area (Å²) in [4.78, 5) is 22.1. The zero-order chi connectivity index (χ0) is 10.7. The molecule has 3 nitrogen and oxygen atoms in total. The van der Waals surface area contributed by atoms with E-state index in [9.17, 15) is 9.59 Å². The van der Waals surface area contributed by atoms with E-state index in [0.717, 1.165) is 11.3 Å². The molecule has 0 aliphatic heterocycles. The van der Waals surface area contributed by atoms with Gasteiger partial charge in [-0.25, -0.2) is 0 Å². The van der Waals surface area contributed by atoms with Gasteiger partial charge in [0, 0.05) is 0 Å². The maximum atomic E-state index is 11.4. The SMILES string of the molecule is O=C(O)CC(Cl)C(=O)c1ccc(Cl)s1. The number of Topliss-reactive ketones (excluding diaryl/α,β-unsaturated/α-hetero) is 1. The predicted octanol–water partition coefficient (Wildman–Crippen LogP) is 2.67. The molecule has 1 aromatic rings. The van der Waals surface area contributed by atoms with Crippen molar-refractivity contribution < 1.29 is 14.7 Å². The second-order valence-corrected chi connectivity index (χ2v) is 4.78. The monoisotopic (exact) mass is 252 g/mol. The van der Waals surface area contributed by atoms with Crippen molar-refractivity contribution in [2.75, 3.05) is 0 Å². The summed E-state index contributed by atoms with van der Waals surface area (Å²) in [6, 6.07) is 3.11. The van der Waals surface area contributed by atoms with Gasteiger partial charge < -0.3 is 5.11 Å². The van der Waals surface area contributed by atoms with Crippen molar-refractivity contribution in [3.8, 4) is 0 Å². The molecule has 0 aromatic carbocycles. The fraction of sp³-hybridized carbons (Fsp3) is 0.250. The van der Waals surface area contributed by atoms with Crippen LogP contribution >= 0.6 is 34.5 Å². The average Bonchev–Trinajstić information content (AvgIpc) is 2.49. The Hall–Kier alpha value is -0.580. The zero-order valence-corrected chi connectivity index (χ0v) is 9.20. The number of hydrogen-bond acceptors (Lipinski definition) is 3. The van der Waals surface area contributed by atoms with Gasteiger partial charge in [-0.1, -0.05) is 11.6 Å². The van der Waals surface area contributed by atoms with Crippen molar-refractivity contribution in [1.82, 2.24) is 0 Å². The van der Waals surface area contributed by atoms with Crippen LogP contribution < -0.4 is 0 Å². The summed E-state index contributed by atoms with van der Waals surface area (Å²) in [5, 5.41) is 7.40. The highest BCUT2D eigenvalue weighted by molar-refractivity contribution is 7.18. The first-order chi connectivity index (χ1) is 6.50. The molecule has 14 heavy (non-hydrogen) atoms. The number of alkyl halides is 1. The van der Waals surface area contributed by atoms with Crippen LogP contribution in [0.25, 0.3) is 0 Å². The van der Waals surface area contributed by atoms with Crippen LogP contribution in [-0.4, -0.2) is 22.2 Å². The van der Waals surface area contributed by atoms with E-state index in [4.69, 9.17) is 28.3 Å². The maximum absolute atomic E-state index is 11.4. The molecule has 0 fully saturated rings. The third-order valence-electron chi connectivity index (χ3n) is 1.45. The van der Waals surface area contributed by atoms with E-state index in [0.29, 0.717) is 9.21 Å². The Bertz CT molecular complexity index is 361. The second-order valence-electron chi connectivity index (χ2n) is 2.53. The average molecular weight is 253 g/mol. The molecular weight excluding hydrogens is 247 g/mol. The quantitative estimate of drug-likeness (QED) is 0.662. The van der Waals surface area contributed by atoms with E-state index >= 15 is 0 Å². The summed E-state index contributed by atoms with van der Waals surface area (Å²) in [5.74, 6) is -1.49. The van der Waals surface area contributed by atoms with Gasteiger partial charge in [0.2, 0.25) is 0 Å². The molecule has 1 aromatic heterocycles. The molecule has 0 amide bonds. The first-order valence-corrected chi connectivity index (χ1v) is 5.29. The van der Waals surface area contributed by atoms with Crippen LogP contribution in [-0.2, 0) is 4.79 Å². The summed E-state index contributed by atoms with van der Waals surface area (Å²) in [6.07, 6.45) is -0.379. The molecule has 0 saturated heterocycles. The number of thiophene rings is 1. The van der Waals surface area contributed by atoms with Crippen molar-refractivity contribution in [3.63, 3.8) is 0 Å². The van der Waals surface area contributed by atoms with Gasteiger partial charge in [-0.2, -0.15) is 0 Å². The molecule has 1 N–H and O–H groups in total. The van der Waals surface area contributed by atoms with Crippen molar-refractivity contribution >= 4 is 46.3 Å². The standard InChI is InChI=1S/C8H6Cl2O3S/c9-4(3-7(11)12)8(13)5-1-2-6(10)14-5/h1-2,4H,3H2,(H,11,12). The molecule has 6 heteroatoms. The summed E-state index contributed by atoms with van der Waals surface area (Å²) in [6.45, 7) is 0. The molecule has 0 aliphatic carbocycles. The highest BCUT2D eigenvalue weighted by Gasteiger charge is 2.21. The Morgan fingerprint density at radius 2 is 2.14 bits per heavy atom. The number of aliphatic carboxylic acids is 1. The van der Waals surface area contributed by atoms with Gasteiger partial charge >= 0.3 is 5.97 Å². The smallest absolute Gasteiger partial charge is 0.305 e.